The Kier molecular flexibility index (Phi) is 1.92. The fraction of sp³-hybridized carbons (Fsp3) is 0.0833. The Hall–Kier alpha value is -1.48. The zero-order valence-corrected chi connectivity index (χ0v) is 8.80. The number of fused-ring (bicyclic) bond motifs is 3. The van der Waals surface area contributed by atoms with Gasteiger partial charge in [-0.1, -0.05) is 30.3 Å². The second kappa shape index (κ2) is 3.28. The SMILES string of the molecule is O=C1CSc2c(ccc3ccccc23)N1. The molecule has 1 N–H and O–H groups in total. The molecule has 0 unspecified atom stereocenters. The Morgan fingerprint density at radius 1 is 1.13 bits per heavy atom. The van der Waals surface area contributed by atoms with Crippen LogP contribution >= 0.6 is 11.8 Å². The highest BCUT2D eigenvalue weighted by molar-refractivity contribution is 8.00. The van der Waals surface area contributed by atoms with Gasteiger partial charge in [-0.15, -0.1) is 11.8 Å². The molecule has 2 aromatic carbocycles. The van der Waals surface area contributed by atoms with Gasteiger partial charge in [-0.2, -0.15) is 0 Å². The maximum absolute atomic E-state index is 11.2. The number of rotatable bonds is 0. The topological polar surface area (TPSA) is 29.1 Å². The highest BCUT2D eigenvalue weighted by atomic mass is 32.2. The van der Waals surface area contributed by atoms with Gasteiger partial charge < -0.3 is 5.32 Å². The van der Waals surface area contributed by atoms with Crippen LogP contribution in [-0.2, 0) is 4.79 Å². The third kappa shape index (κ3) is 1.39. The van der Waals surface area contributed by atoms with Crippen LogP contribution in [0.4, 0.5) is 5.69 Å². The Labute approximate surface area is 91.7 Å². The molecule has 3 rings (SSSR count). The number of carbonyl (C=O) groups is 1. The van der Waals surface area contributed by atoms with Gasteiger partial charge >= 0.3 is 0 Å². The maximum Gasteiger partial charge on any atom is 0.234 e. The van der Waals surface area contributed by atoms with Gasteiger partial charge in [-0.25, -0.2) is 0 Å². The first-order valence-electron chi connectivity index (χ1n) is 4.79. The van der Waals surface area contributed by atoms with Gasteiger partial charge in [0.2, 0.25) is 5.91 Å². The first-order chi connectivity index (χ1) is 7.34. The van der Waals surface area contributed by atoms with Crippen molar-refractivity contribution in [2.75, 3.05) is 11.1 Å². The average Bonchev–Trinajstić information content (AvgIpc) is 2.28. The summed E-state index contributed by atoms with van der Waals surface area (Å²) in [5, 5.41) is 5.34. The van der Waals surface area contributed by atoms with E-state index in [1.807, 2.05) is 24.3 Å². The van der Waals surface area contributed by atoms with Crippen LogP contribution in [-0.4, -0.2) is 11.7 Å². The van der Waals surface area contributed by atoms with Crippen molar-refractivity contribution < 1.29 is 4.79 Å². The number of benzene rings is 2. The molecule has 0 radical (unpaired) electrons. The summed E-state index contributed by atoms with van der Waals surface area (Å²) in [6, 6.07) is 12.3. The van der Waals surface area contributed by atoms with Crippen molar-refractivity contribution in [3.63, 3.8) is 0 Å². The summed E-state index contributed by atoms with van der Waals surface area (Å²) < 4.78 is 0. The molecule has 2 nitrogen and oxygen atoms in total. The molecule has 0 bridgehead atoms. The second-order valence-corrected chi connectivity index (χ2v) is 4.49. The summed E-state index contributed by atoms with van der Waals surface area (Å²) in [4.78, 5) is 12.4. The first-order valence-corrected chi connectivity index (χ1v) is 5.77. The lowest BCUT2D eigenvalue weighted by Gasteiger charge is -2.17. The monoisotopic (exact) mass is 215 g/mol. The van der Waals surface area contributed by atoms with E-state index in [1.165, 1.54) is 15.7 Å². The van der Waals surface area contributed by atoms with Crippen LogP contribution < -0.4 is 5.32 Å². The molecular formula is C12H9NOS. The molecule has 1 aliphatic rings. The van der Waals surface area contributed by atoms with E-state index in [0.29, 0.717) is 5.75 Å². The highest BCUT2D eigenvalue weighted by Gasteiger charge is 2.16. The standard InChI is InChI=1S/C12H9NOS/c14-11-7-15-12-9-4-2-1-3-8(9)5-6-10(12)13-11/h1-6H,7H2,(H,13,14). The molecule has 0 spiro atoms. The van der Waals surface area contributed by atoms with Gasteiger partial charge in [-0.3, -0.25) is 4.79 Å². The quantitative estimate of drug-likeness (QED) is 0.732. The van der Waals surface area contributed by atoms with Gasteiger partial charge in [-0.05, 0) is 16.8 Å². The van der Waals surface area contributed by atoms with Gasteiger partial charge in [0.05, 0.1) is 11.4 Å². The highest BCUT2D eigenvalue weighted by Crippen LogP contribution is 2.37. The molecule has 1 aliphatic heterocycles. The van der Waals surface area contributed by atoms with E-state index in [2.05, 4.69) is 17.4 Å². The first kappa shape index (κ1) is 8.80. The minimum atomic E-state index is 0.0859. The maximum atomic E-state index is 11.2. The van der Waals surface area contributed by atoms with Gasteiger partial charge in [0.25, 0.3) is 0 Å². The van der Waals surface area contributed by atoms with E-state index in [1.54, 1.807) is 11.8 Å². The summed E-state index contributed by atoms with van der Waals surface area (Å²) in [7, 11) is 0. The van der Waals surface area contributed by atoms with Crippen LogP contribution in [0.1, 0.15) is 0 Å². The van der Waals surface area contributed by atoms with E-state index < -0.39 is 0 Å². The molecule has 0 saturated heterocycles. The van der Waals surface area contributed by atoms with Crippen LogP contribution in [0.25, 0.3) is 10.8 Å². The predicted molar refractivity (Wildman–Crippen MR) is 63.3 cm³/mol. The molecule has 0 aliphatic carbocycles. The van der Waals surface area contributed by atoms with Crippen molar-refractivity contribution in [2.45, 2.75) is 4.90 Å². The summed E-state index contributed by atoms with van der Waals surface area (Å²) in [6.07, 6.45) is 0. The number of nitrogens with one attached hydrogen (secondary N) is 1. The number of thioether (sulfide) groups is 1. The average molecular weight is 215 g/mol. The zero-order valence-electron chi connectivity index (χ0n) is 7.99. The Morgan fingerprint density at radius 2 is 2.00 bits per heavy atom. The lowest BCUT2D eigenvalue weighted by Crippen LogP contribution is -2.18. The molecular weight excluding hydrogens is 206 g/mol. The Morgan fingerprint density at radius 3 is 2.93 bits per heavy atom. The molecule has 15 heavy (non-hydrogen) atoms. The van der Waals surface area contributed by atoms with Crippen molar-refractivity contribution in [2.24, 2.45) is 0 Å². The molecule has 2 aromatic rings. The molecule has 0 atom stereocenters. The third-order valence-corrected chi connectivity index (χ3v) is 3.64. The van der Waals surface area contributed by atoms with Crippen molar-refractivity contribution in [3.8, 4) is 0 Å². The van der Waals surface area contributed by atoms with Crippen LogP contribution in [0.15, 0.2) is 41.3 Å². The zero-order chi connectivity index (χ0) is 10.3. The lowest BCUT2D eigenvalue weighted by molar-refractivity contribution is -0.113. The molecule has 1 heterocycles. The number of hydrogen-bond acceptors (Lipinski definition) is 2. The van der Waals surface area contributed by atoms with Gasteiger partial charge in [0.1, 0.15) is 0 Å². The van der Waals surface area contributed by atoms with Crippen LogP contribution in [0.3, 0.4) is 0 Å². The predicted octanol–water partition coefficient (Wildman–Crippen LogP) is 2.88. The van der Waals surface area contributed by atoms with Crippen molar-refractivity contribution in [3.05, 3.63) is 36.4 Å². The van der Waals surface area contributed by atoms with Crippen molar-refractivity contribution in [1.29, 1.82) is 0 Å². The molecule has 74 valence electrons. The van der Waals surface area contributed by atoms with Gasteiger partial charge in [0.15, 0.2) is 0 Å². The molecule has 0 saturated carbocycles. The van der Waals surface area contributed by atoms with E-state index in [9.17, 15) is 4.79 Å². The number of hydrogen-bond donors (Lipinski definition) is 1. The van der Waals surface area contributed by atoms with Crippen LogP contribution in [0.2, 0.25) is 0 Å². The largest absolute Gasteiger partial charge is 0.324 e. The normalized spacial score (nSPS) is 14.8. The summed E-state index contributed by atoms with van der Waals surface area (Å²) >= 11 is 1.61. The Balaban J connectivity index is 2.30. The smallest absolute Gasteiger partial charge is 0.234 e. The Bertz CT molecular complexity index is 550. The van der Waals surface area contributed by atoms with E-state index in [0.717, 1.165) is 5.69 Å². The third-order valence-electron chi connectivity index (χ3n) is 2.50. The summed E-state index contributed by atoms with van der Waals surface area (Å²) in [5.41, 5.74) is 0.940. The number of amides is 1. The minimum Gasteiger partial charge on any atom is -0.324 e. The fourth-order valence-corrected chi connectivity index (χ4v) is 2.78. The minimum absolute atomic E-state index is 0.0859. The lowest BCUT2D eigenvalue weighted by atomic mass is 10.1. The molecule has 0 aromatic heterocycles. The summed E-state index contributed by atoms with van der Waals surface area (Å²) in [6.45, 7) is 0. The number of carbonyl (C=O) groups excluding carboxylic acids is 1. The fourth-order valence-electron chi connectivity index (χ4n) is 1.82. The van der Waals surface area contributed by atoms with E-state index >= 15 is 0 Å². The molecule has 3 heteroatoms. The van der Waals surface area contributed by atoms with Gasteiger partial charge in [0, 0.05) is 4.90 Å². The molecule has 0 fully saturated rings. The number of anilines is 1. The van der Waals surface area contributed by atoms with E-state index in [-0.39, 0.29) is 5.91 Å². The second-order valence-electron chi connectivity index (χ2n) is 3.50. The van der Waals surface area contributed by atoms with Crippen LogP contribution in [0.5, 0.6) is 0 Å². The van der Waals surface area contributed by atoms with Crippen LogP contribution in [0, 0.1) is 0 Å². The van der Waals surface area contributed by atoms with E-state index in [4.69, 9.17) is 0 Å². The summed E-state index contributed by atoms with van der Waals surface area (Å²) in [5.74, 6) is 0.601. The van der Waals surface area contributed by atoms with Crippen molar-refractivity contribution in [1.82, 2.24) is 0 Å². The van der Waals surface area contributed by atoms with Crippen molar-refractivity contribution >= 4 is 34.1 Å². The molecule has 1 amide bonds.